The summed E-state index contributed by atoms with van der Waals surface area (Å²) in [6, 6.07) is 7.39. The lowest BCUT2D eigenvalue weighted by Gasteiger charge is -2.27. The molecule has 0 aromatic heterocycles. The van der Waals surface area contributed by atoms with Crippen molar-refractivity contribution in [3.63, 3.8) is 0 Å². The molecule has 0 radical (unpaired) electrons. The normalized spacial score (nSPS) is 13.4. The van der Waals surface area contributed by atoms with Gasteiger partial charge in [-0.25, -0.2) is 4.79 Å². The first-order valence-corrected chi connectivity index (χ1v) is 23.5. The highest BCUT2D eigenvalue weighted by molar-refractivity contribution is 7.98. The number of amides is 7. The van der Waals surface area contributed by atoms with Crippen LogP contribution in [0, 0.1) is 5.92 Å². The Morgan fingerprint density at radius 1 is 0.594 bits per heavy atom. The molecule has 0 saturated carbocycles. The van der Waals surface area contributed by atoms with Gasteiger partial charge >= 0.3 is 5.97 Å². The zero-order valence-electron chi connectivity index (χ0n) is 39.1. The van der Waals surface area contributed by atoms with Gasteiger partial charge in [0, 0.05) is 19.5 Å². The van der Waals surface area contributed by atoms with E-state index >= 15 is 0 Å². The molecule has 0 heterocycles. The maximum absolute atomic E-state index is 14.1. The molecule has 0 aliphatic rings. The Labute approximate surface area is 405 Å². The minimum atomic E-state index is -1.32. The number of carboxylic acid groups (broad SMARTS) is 1. The quantitative estimate of drug-likeness (QED) is 0.0201. The molecule has 25 heteroatoms. The van der Waals surface area contributed by atoms with Crippen molar-refractivity contribution >= 4 is 71.0 Å². The van der Waals surface area contributed by atoms with Crippen molar-refractivity contribution in [2.24, 2.45) is 44.6 Å². The molecular formula is C44H68N14O10S. The van der Waals surface area contributed by atoms with Crippen molar-refractivity contribution in [2.75, 3.05) is 38.2 Å². The Bertz CT molecular complexity index is 2070. The number of carbonyl (C=O) groups is 8. The summed E-state index contributed by atoms with van der Waals surface area (Å²) in [6.45, 7) is 2.28. The monoisotopic (exact) mass is 984 g/mol. The van der Waals surface area contributed by atoms with Crippen LogP contribution in [0.3, 0.4) is 0 Å². The van der Waals surface area contributed by atoms with Gasteiger partial charge in [-0.05, 0) is 79.7 Å². The Hall–Kier alpha value is -7.15. The van der Waals surface area contributed by atoms with Crippen molar-refractivity contribution in [3.05, 3.63) is 65.7 Å². The van der Waals surface area contributed by atoms with Crippen LogP contribution >= 0.6 is 11.8 Å². The van der Waals surface area contributed by atoms with Crippen LogP contribution in [0.4, 0.5) is 0 Å². The topological polar surface area (TPSA) is 416 Å². The third-order valence-corrected chi connectivity index (χ3v) is 10.8. The van der Waals surface area contributed by atoms with Crippen LogP contribution in [0.5, 0.6) is 5.75 Å². The van der Waals surface area contributed by atoms with E-state index in [2.05, 4.69) is 47.2 Å². The molecule has 7 amide bonds. The number of hydrogen-bond donors (Lipinski definition) is 14. The van der Waals surface area contributed by atoms with Crippen LogP contribution in [0.1, 0.15) is 57.1 Å². The molecule has 0 aliphatic carbocycles. The second-order valence-corrected chi connectivity index (χ2v) is 17.2. The summed E-state index contributed by atoms with van der Waals surface area (Å²) in [5.74, 6) is -7.03. The first-order chi connectivity index (χ1) is 32.7. The molecule has 0 aliphatic heterocycles. The van der Waals surface area contributed by atoms with Gasteiger partial charge in [0.25, 0.3) is 0 Å². The fourth-order valence-corrected chi connectivity index (χ4v) is 6.93. The van der Waals surface area contributed by atoms with Gasteiger partial charge < -0.3 is 76.1 Å². The number of carbonyl (C=O) groups excluding carboxylic acids is 7. The average molecular weight is 985 g/mol. The molecule has 2 rings (SSSR count). The number of nitrogens with one attached hydrogen (secondary N) is 7. The number of aromatic hydroxyl groups is 1. The molecule has 380 valence electrons. The van der Waals surface area contributed by atoms with Gasteiger partial charge in [-0.3, -0.25) is 43.5 Å². The highest BCUT2D eigenvalue weighted by atomic mass is 32.2. The number of guanidine groups is 2. The zero-order chi connectivity index (χ0) is 51.5. The SMILES string of the molecule is CSCC[C@@H](NC(=O)[C@@H](Cc1ccccc1)NC(=O)CNC(=O)CNC(=O)[C@@H](N)Cc1ccc(O)cc1)C(=O)N[C@@H](CCCN=C(N)N)C(=O)N[C@@H](CCCN=C(N)N)C(=O)N[C@H](C(=O)O)C(C)C. The van der Waals surface area contributed by atoms with E-state index in [1.807, 2.05) is 0 Å². The smallest absolute Gasteiger partial charge is 0.326 e. The second kappa shape index (κ2) is 31.0. The third-order valence-electron chi connectivity index (χ3n) is 10.2. The van der Waals surface area contributed by atoms with Crippen LogP contribution < -0.4 is 65.9 Å². The van der Waals surface area contributed by atoms with Gasteiger partial charge in [-0.15, -0.1) is 0 Å². The number of carboxylic acids is 1. The molecule has 19 N–H and O–H groups in total. The van der Waals surface area contributed by atoms with Crippen LogP contribution in [0.15, 0.2) is 64.6 Å². The lowest BCUT2D eigenvalue weighted by atomic mass is 10.0. The molecule has 2 aromatic carbocycles. The molecule has 0 fully saturated rings. The number of phenols is 1. The van der Waals surface area contributed by atoms with Crippen molar-refractivity contribution in [1.82, 2.24) is 37.2 Å². The largest absolute Gasteiger partial charge is 0.508 e. The number of nitrogens with two attached hydrogens (primary N) is 5. The van der Waals surface area contributed by atoms with Crippen LogP contribution in [0.2, 0.25) is 0 Å². The summed E-state index contributed by atoms with van der Waals surface area (Å²) < 4.78 is 0. The van der Waals surface area contributed by atoms with Gasteiger partial charge in [0.05, 0.1) is 19.1 Å². The molecular weight excluding hydrogens is 917 g/mol. The predicted molar refractivity (Wildman–Crippen MR) is 261 cm³/mol. The van der Waals surface area contributed by atoms with Crippen LogP contribution in [0.25, 0.3) is 0 Å². The van der Waals surface area contributed by atoms with Crippen molar-refractivity contribution in [3.8, 4) is 5.75 Å². The van der Waals surface area contributed by atoms with Gasteiger partial charge in [-0.2, -0.15) is 11.8 Å². The van der Waals surface area contributed by atoms with E-state index in [1.54, 1.807) is 62.6 Å². The van der Waals surface area contributed by atoms with E-state index in [0.29, 0.717) is 16.9 Å². The lowest BCUT2D eigenvalue weighted by Crippen LogP contribution is -2.59. The summed E-state index contributed by atoms with van der Waals surface area (Å²) in [5.41, 5.74) is 29.2. The number of aliphatic carboxylic acids is 1. The van der Waals surface area contributed by atoms with Crippen LogP contribution in [-0.2, 0) is 51.2 Å². The number of phenolic OH excluding ortho intramolecular Hbond substituents is 1. The minimum absolute atomic E-state index is 0.0215. The molecule has 0 spiro atoms. The lowest BCUT2D eigenvalue weighted by molar-refractivity contribution is -0.143. The molecule has 69 heavy (non-hydrogen) atoms. The molecule has 0 unspecified atom stereocenters. The summed E-state index contributed by atoms with van der Waals surface area (Å²) in [4.78, 5) is 114. The fourth-order valence-electron chi connectivity index (χ4n) is 6.46. The van der Waals surface area contributed by atoms with Gasteiger partial charge in [0.1, 0.15) is 36.0 Å². The van der Waals surface area contributed by atoms with E-state index in [4.69, 9.17) is 28.7 Å². The van der Waals surface area contributed by atoms with Crippen molar-refractivity contribution in [2.45, 2.75) is 95.0 Å². The molecule has 0 saturated heterocycles. The first-order valence-electron chi connectivity index (χ1n) is 22.2. The van der Waals surface area contributed by atoms with E-state index in [-0.39, 0.29) is 75.7 Å². The molecule has 24 nitrogen and oxygen atoms in total. The molecule has 0 bridgehead atoms. The number of hydrogen-bond acceptors (Lipinski definition) is 13. The summed E-state index contributed by atoms with van der Waals surface area (Å²) in [5, 5.41) is 37.1. The first kappa shape index (κ1) is 58.0. The number of aliphatic imine (C=N–C) groups is 2. The Morgan fingerprint density at radius 3 is 1.57 bits per heavy atom. The van der Waals surface area contributed by atoms with E-state index in [9.17, 15) is 48.6 Å². The van der Waals surface area contributed by atoms with Crippen molar-refractivity contribution < 1.29 is 48.6 Å². The highest BCUT2D eigenvalue weighted by Crippen LogP contribution is 2.12. The number of thioether (sulfide) groups is 1. The molecule has 6 atom stereocenters. The Kier molecular flexibility index (Phi) is 26.0. The zero-order valence-corrected chi connectivity index (χ0v) is 39.9. The second-order valence-electron chi connectivity index (χ2n) is 16.2. The maximum Gasteiger partial charge on any atom is 0.326 e. The van der Waals surface area contributed by atoms with E-state index < -0.39 is 103 Å². The standard InChI is InChI=1S/C44H68N14O10S/c1-25(2)36(42(67)68)58-40(65)31(12-8-19-51-44(48)49)56-38(63)30(11-7-18-50-43(46)47)55-39(64)32(17-20-69-3)57-41(66)33(22-26-9-5-4-6-10-26)54-35(61)24-52-34(60)23-53-37(62)29(45)21-27-13-15-28(59)16-14-27/h4-6,9-10,13-16,25,29-33,36,59H,7-8,11-12,17-24,45H2,1-3H3,(H,52,60)(H,53,62)(H,54,61)(H,55,64)(H,56,63)(H,57,66)(H,58,65)(H,67,68)(H4,46,47,50)(H4,48,49,51)/t29-,30-,31-,32+,33+,36-/m0/s1. The average Bonchev–Trinajstić information content (AvgIpc) is 3.30. The fraction of sp³-hybridized carbons (Fsp3) is 0.500. The Morgan fingerprint density at radius 2 is 1.07 bits per heavy atom. The van der Waals surface area contributed by atoms with Crippen molar-refractivity contribution in [1.29, 1.82) is 0 Å². The van der Waals surface area contributed by atoms with E-state index in [1.165, 1.54) is 23.9 Å². The number of nitrogens with zero attached hydrogens (tertiary/aromatic N) is 2. The highest BCUT2D eigenvalue weighted by Gasteiger charge is 2.33. The Balaban J connectivity index is 2.27. The number of rotatable bonds is 31. The van der Waals surface area contributed by atoms with Crippen LogP contribution in [-0.4, -0.2) is 144 Å². The van der Waals surface area contributed by atoms with E-state index in [0.717, 1.165) is 0 Å². The summed E-state index contributed by atoms with van der Waals surface area (Å²) in [6.07, 6.45) is 2.28. The minimum Gasteiger partial charge on any atom is -0.508 e. The van der Waals surface area contributed by atoms with Gasteiger partial charge in [0.2, 0.25) is 41.4 Å². The number of benzene rings is 2. The third kappa shape index (κ3) is 23.4. The predicted octanol–water partition coefficient (Wildman–Crippen LogP) is -3.24. The molecule has 2 aromatic rings. The van der Waals surface area contributed by atoms with Gasteiger partial charge in [-0.1, -0.05) is 56.3 Å². The summed E-state index contributed by atoms with van der Waals surface area (Å²) in [7, 11) is 0. The van der Waals surface area contributed by atoms with Gasteiger partial charge in [0.15, 0.2) is 11.9 Å². The maximum atomic E-state index is 14.1. The summed E-state index contributed by atoms with van der Waals surface area (Å²) >= 11 is 1.38.